The second-order valence-electron chi connectivity index (χ2n) is 7.71. The summed E-state index contributed by atoms with van der Waals surface area (Å²) in [7, 11) is 3.72. The molecule has 0 saturated carbocycles. The molecule has 2 rings (SSSR count). The Morgan fingerprint density at radius 3 is 2.57 bits per heavy atom. The van der Waals surface area contributed by atoms with E-state index in [4.69, 9.17) is 4.42 Å². The van der Waals surface area contributed by atoms with Gasteiger partial charge in [-0.2, -0.15) is 13.2 Å². The van der Waals surface area contributed by atoms with Crippen LogP contribution in [-0.4, -0.2) is 55.3 Å². The van der Waals surface area contributed by atoms with Crippen LogP contribution in [0.25, 0.3) is 0 Å². The number of aliphatic hydroxyl groups is 1. The molecule has 2 aromatic rings. The minimum Gasteiger partial charge on any atom is -0.469 e. The van der Waals surface area contributed by atoms with Gasteiger partial charge in [0.25, 0.3) is 0 Å². The minimum absolute atomic E-state index is 0.0653. The standard InChI is InChI=1S/C21H29F3N4O2/c1-20(29,15-28(2)3)14-27-19(25-10-9-18-8-5-11-30-18)26-13-16-6-4-7-17(12-16)21(22,23)24/h4-8,11-12,29H,9-10,13-15H2,1-3H3,(H2,25,26,27). The second-order valence-corrected chi connectivity index (χ2v) is 7.71. The Morgan fingerprint density at radius 1 is 1.17 bits per heavy atom. The maximum absolute atomic E-state index is 12.9. The lowest BCUT2D eigenvalue weighted by Crippen LogP contribution is -2.50. The lowest BCUT2D eigenvalue weighted by molar-refractivity contribution is -0.137. The third-order valence-electron chi connectivity index (χ3n) is 4.21. The Balaban J connectivity index is 2.05. The quantitative estimate of drug-likeness (QED) is 0.425. The lowest BCUT2D eigenvalue weighted by atomic mass is 10.1. The molecule has 166 valence electrons. The molecule has 0 spiro atoms. The van der Waals surface area contributed by atoms with Crippen molar-refractivity contribution in [2.45, 2.75) is 31.7 Å². The molecule has 1 aromatic carbocycles. The zero-order valence-electron chi connectivity index (χ0n) is 17.5. The van der Waals surface area contributed by atoms with Crippen molar-refractivity contribution in [1.82, 2.24) is 15.5 Å². The van der Waals surface area contributed by atoms with Gasteiger partial charge in [0, 0.05) is 26.1 Å². The molecule has 1 aromatic heterocycles. The summed E-state index contributed by atoms with van der Waals surface area (Å²) < 4.78 is 44.1. The summed E-state index contributed by atoms with van der Waals surface area (Å²) in [5.41, 5.74) is -1.27. The van der Waals surface area contributed by atoms with Crippen LogP contribution in [-0.2, 0) is 19.1 Å². The van der Waals surface area contributed by atoms with Gasteiger partial charge in [-0.05, 0) is 50.8 Å². The predicted molar refractivity (Wildman–Crippen MR) is 110 cm³/mol. The fraction of sp³-hybridized carbons (Fsp3) is 0.476. The number of furan rings is 1. The summed E-state index contributed by atoms with van der Waals surface area (Å²) in [5.74, 6) is 1.21. The molecule has 0 radical (unpaired) electrons. The Bertz CT molecular complexity index is 803. The zero-order chi connectivity index (χ0) is 22.2. The highest BCUT2D eigenvalue weighted by molar-refractivity contribution is 5.79. The Morgan fingerprint density at radius 2 is 1.93 bits per heavy atom. The largest absolute Gasteiger partial charge is 0.469 e. The van der Waals surface area contributed by atoms with Crippen molar-refractivity contribution < 1.29 is 22.7 Å². The third kappa shape index (κ3) is 8.46. The van der Waals surface area contributed by atoms with Gasteiger partial charge in [0.2, 0.25) is 0 Å². The maximum atomic E-state index is 12.9. The van der Waals surface area contributed by atoms with Crippen molar-refractivity contribution in [1.29, 1.82) is 0 Å². The first kappa shape index (κ1) is 23.8. The van der Waals surface area contributed by atoms with Crippen molar-refractivity contribution in [3.63, 3.8) is 0 Å². The summed E-state index contributed by atoms with van der Waals surface area (Å²) in [4.78, 5) is 6.26. The van der Waals surface area contributed by atoms with Crippen LogP contribution in [0.15, 0.2) is 52.1 Å². The zero-order valence-corrected chi connectivity index (χ0v) is 17.5. The van der Waals surface area contributed by atoms with Crippen LogP contribution >= 0.6 is 0 Å². The molecule has 0 aliphatic carbocycles. The summed E-state index contributed by atoms with van der Waals surface area (Å²) in [6.45, 7) is 2.94. The van der Waals surface area contributed by atoms with Gasteiger partial charge in [-0.3, -0.25) is 0 Å². The van der Waals surface area contributed by atoms with Crippen LogP contribution in [0.2, 0.25) is 0 Å². The van der Waals surface area contributed by atoms with Gasteiger partial charge in [-0.1, -0.05) is 12.1 Å². The average molecular weight is 426 g/mol. The molecule has 0 aliphatic rings. The second kappa shape index (κ2) is 10.5. The van der Waals surface area contributed by atoms with Gasteiger partial charge >= 0.3 is 6.18 Å². The summed E-state index contributed by atoms with van der Waals surface area (Å²) >= 11 is 0. The molecule has 0 fully saturated rings. The smallest absolute Gasteiger partial charge is 0.416 e. The molecule has 1 unspecified atom stereocenters. The summed E-state index contributed by atoms with van der Waals surface area (Å²) in [6.07, 6.45) is -2.19. The van der Waals surface area contributed by atoms with E-state index in [1.165, 1.54) is 6.07 Å². The molecule has 9 heteroatoms. The van der Waals surface area contributed by atoms with E-state index in [2.05, 4.69) is 15.6 Å². The molecule has 3 N–H and O–H groups in total. The van der Waals surface area contributed by atoms with Gasteiger partial charge in [0.05, 0.1) is 24.0 Å². The van der Waals surface area contributed by atoms with Crippen molar-refractivity contribution in [3.8, 4) is 0 Å². The molecule has 0 bridgehead atoms. The number of aliphatic imine (C=N–C) groups is 1. The maximum Gasteiger partial charge on any atom is 0.416 e. The van der Waals surface area contributed by atoms with Gasteiger partial charge in [-0.15, -0.1) is 0 Å². The van der Waals surface area contributed by atoms with Gasteiger partial charge in [0.15, 0.2) is 5.96 Å². The highest BCUT2D eigenvalue weighted by Crippen LogP contribution is 2.29. The number of nitrogens with zero attached hydrogens (tertiary/aromatic N) is 2. The molecule has 0 amide bonds. The first-order valence-corrected chi connectivity index (χ1v) is 9.63. The third-order valence-corrected chi connectivity index (χ3v) is 4.21. The lowest BCUT2D eigenvalue weighted by Gasteiger charge is -2.28. The van der Waals surface area contributed by atoms with Crippen LogP contribution in [0.5, 0.6) is 0 Å². The number of halogens is 3. The highest BCUT2D eigenvalue weighted by Gasteiger charge is 2.30. The monoisotopic (exact) mass is 426 g/mol. The average Bonchev–Trinajstić information content (AvgIpc) is 3.15. The molecule has 1 heterocycles. The number of hydrogen-bond donors (Lipinski definition) is 3. The van der Waals surface area contributed by atoms with Gasteiger partial charge in [0.1, 0.15) is 5.76 Å². The number of rotatable bonds is 9. The van der Waals surface area contributed by atoms with Crippen LogP contribution in [0.1, 0.15) is 23.8 Å². The van der Waals surface area contributed by atoms with Crippen molar-refractivity contribution >= 4 is 5.96 Å². The number of benzene rings is 1. The Labute approximate surface area is 174 Å². The number of hydrogen-bond acceptors (Lipinski definition) is 4. The topological polar surface area (TPSA) is 73.0 Å². The molecule has 6 nitrogen and oxygen atoms in total. The predicted octanol–water partition coefficient (Wildman–Crippen LogP) is 2.89. The molecule has 0 saturated heterocycles. The molecular formula is C21H29F3N4O2. The molecule has 1 atom stereocenters. The summed E-state index contributed by atoms with van der Waals surface area (Å²) in [5, 5.41) is 16.7. The van der Waals surface area contributed by atoms with Crippen molar-refractivity contribution in [2.75, 3.05) is 33.7 Å². The summed E-state index contributed by atoms with van der Waals surface area (Å²) in [6, 6.07) is 8.75. The van der Waals surface area contributed by atoms with Crippen LogP contribution in [0.3, 0.4) is 0 Å². The molecule has 0 aliphatic heterocycles. The number of alkyl halides is 3. The fourth-order valence-electron chi connectivity index (χ4n) is 2.96. The van der Waals surface area contributed by atoms with Crippen LogP contribution in [0.4, 0.5) is 13.2 Å². The first-order chi connectivity index (χ1) is 14.0. The SMILES string of the molecule is CN(C)CC(C)(O)CNC(=NCc1cccc(C(F)(F)F)c1)NCCc1ccco1. The van der Waals surface area contributed by atoms with E-state index >= 15 is 0 Å². The van der Waals surface area contributed by atoms with Crippen LogP contribution < -0.4 is 10.6 Å². The Kier molecular flexibility index (Phi) is 8.31. The van der Waals surface area contributed by atoms with E-state index in [0.29, 0.717) is 31.0 Å². The van der Waals surface area contributed by atoms with E-state index in [9.17, 15) is 18.3 Å². The highest BCUT2D eigenvalue weighted by atomic mass is 19.4. The van der Waals surface area contributed by atoms with E-state index < -0.39 is 17.3 Å². The van der Waals surface area contributed by atoms with E-state index in [1.54, 1.807) is 25.3 Å². The molecule has 30 heavy (non-hydrogen) atoms. The Hall–Kier alpha value is -2.52. The molecular weight excluding hydrogens is 397 g/mol. The fourth-order valence-corrected chi connectivity index (χ4v) is 2.96. The number of nitrogens with one attached hydrogen (secondary N) is 2. The van der Waals surface area contributed by atoms with E-state index in [1.807, 2.05) is 25.1 Å². The minimum atomic E-state index is -4.40. The van der Waals surface area contributed by atoms with E-state index in [-0.39, 0.29) is 13.1 Å². The van der Waals surface area contributed by atoms with Crippen molar-refractivity contribution in [2.24, 2.45) is 4.99 Å². The number of guanidine groups is 1. The van der Waals surface area contributed by atoms with Crippen LogP contribution in [0, 0.1) is 0 Å². The number of likely N-dealkylation sites (N-methyl/N-ethyl adjacent to an activating group) is 1. The van der Waals surface area contributed by atoms with Crippen molar-refractivity contribution in [3.05, 3.63) is 59.5 Å². The van der Waals surface area contributed by atoms with E-state index in [0.717, 1.165) is 17.9 Å². The normalized spacial score (nSPS) is 14.6. The van der Waals surface area contributed by atoms with Gasteiger partial charge in [-0.25, -0.2) is 4.99 Å². The van der Waals surface area contributed by atoms with Gasteiger partial charge < -0.3 is 25.1 Å². The first-order valence-electron chi connectivity index (χ1n) is 9.63.